The van der Waals surface area contributed by atoms with E-state index in [0.717, 1.165) is 262 Å². The van der Waals surface area contributed by atoms with Crippen LogP contribution in [0.2, 0.25) is 25.1 Å². The van der Waals surface area contributed by atoms with Crippen LogP contribution in [0.15, 0.2) is 117 Å². The summed E-state index contributed by atoms with van der Waals surface area (Å²) in [5, 5.41) is 23.5. The van der Waals surface area contributed by atoms with E-state index in [1.807, 2.05) is 83.5 Å². The molecule has 6 fully saturated rings. The van der Waals surface area contributed by atoms with E-state index < -0.39 is 11.2 Å². The van der Waals surface area contributed by atoms with Crippen molar-refractivity contribution in [2.75, 3.05) is 110 Å². The third-order valence-corrected chi connectivity index (χ3v) is 29.4. The summed E-state index contributed by atoms with van der Waals surface area (Å²) in [5.41, 5.74) is 50.1. The second-order valence-electron chi connectivity index (χ2n) is 36.5. The molecule has 10 aliphatic heterocycles. The van der Waals surface area contributed by atoms with Gasteiger partial charge in [0.25, 0.3) is 0 Å². The number of aliphatic hydroxyl groups is 2. The van der Waals surface area contributed by atoms with Crippen molar-refractivity contribution in [3.63, 3.8) is 0 Å². The van der Waals surface area contributed by atoms with E-state index in [9.17, 15) is 10.2 Å². The number of piperidine rings is 5. The van der Waals surface area contributed by atoms with E-state index >= 15 is 0 Å². The maximum absolute atomic E-state index is 10.3. The predicted molar refractivity (Wildman–Crippen MR) is 516 cm³/mol. The van der Waals surface area contributed by atoms with Gasteiger partial charge in [-0.1, -0.05) is 71.9 Å². The molecule has 0 aromatic carbocycles. The van der Waals surface area contributed by atoms with E-state index in [1.54, 1.807) is 43.4 Å². The first-order valence-electron chi connectivity index (χ1n) is 45.0. The van der Waals surface area contributed by atoms with Crippen molar-refractivity contribution in [3.8, 4) is 0 Å². The Balaban J connectivity index is 0.000000115. The number of nitrogens with zero attached hydrogens (tertiary/aromatic N) is 25. The summed E-state index contributed by atoms with van der Waals surface area (Å²) in [4.78, 5) is 103. The highest BCUT2D eigenvalue weighted by Gasteiger charge is 2.47. The van der Waals surface area contributed by atoms with Gasteiger partial charge in [0.2, 0.25) is 0 Å². The molecule has 37 heteroatoms. The summed E-state index contributed by atoms with van der Waals surface area (Å²) in [6, 6.07) is 10.0. The van der Waals surface area contributed by atoms with Gasteiger partial charge in [0.15, 0.2) is 0 Å². The number of aromatic nitrogens is 15. The van der Waals surface area contributed by atoms with Crippen LogP contribution in [0.25, 0.3) is 0 Å². The third kappa shape index (κ3) is 19.7. The first kappa shape index (κ1) is 92.5. The molecule has 1 saturated carbocycles. The Morgan fingerprint density at radius 3 is 0.916 bits per heavy atom. The van der Waals surface area contributed by atoms with Gasteiger partial charge in [0.1, 0.15) is 57.6 Å². The molecule has 20 heterocycles. The fraction of sp³-hybridized carbons (Fsp3) is 0.468. The minimum absolute atomic E-state index is 0.0348. The summed E-state index contributed by atoms with van der Waals surface area (Å²) in [6.07, 6.45) is 29.9. The van der Waals surface area contributed by atoms with Gasteiger partial charge in [-0.3, -0.25) is 49.9 Å². The monoisotopic (exact) mass is 1870 g/mol. The molecule has 12 N–H and O–H groups in total. The molecule has 0 radical (unpaired) electrons. The molecule has 684 valence electrons. The Bertz CT molecular complexity index is 5630. The highest BCUT2D eigenvalue weighted by atomic mass is 35.5. The van der Waals surface area contributed by atoms with Crippen molar-refractivity contribution in [3.05, 3.63) is 231 Å². The second kappa shape index (κ2) is 38.7. The quantitative estimate of drug-likeness (QED) is 0.0531. The molecule has 1 aliphatic carbocycles. The standard InChI is InChI=1S/C20H23ClN6.2C19H23ClN6.2C18H21ClN6O/c1-12-8-13(14(21)9-23-12)18-19-15(10-24-18)26-17(11-25-19)27-6-4-20(5-7-27)3-2-16(20)22;1-12-7-13(14(20)8-22-12)17-18-15(9-23-17)25-16(10-24-18)26-5-3-19(2,11-21)4-6-26;1-3-19(21)4-6-26(7-5-19)16-11-24-18-15(25-16)10-23-17(18)13-8-12(2)22-9-14(13)20;1-11-15(19)12(2-5-21-11)16-17-13(8-22-16)24-14(9-23-17)25-6-3-18(26,10-20)4-7-25;1-11-6-12(13(19)7-21-11)16-17-14(8-22-16)24-15(9-23-17)25-4-2-18(26,10-20)3-5-25/h8-9,11,16H,2-7,10,22H2,1H3;7-8,10H,3-6,9,11,21H2,1-2H3;8-9,11H,3-7,10,21H2,1-2H3;2,5,9,26H,3-4,6-8,10,20H2,1H3;6-7,9,26H,2-5,8,10,20H2,1H3. The van der Waals surface area contributed by atoms with Crippen LogP contribution in [0, 0.1) is 45.4 Å². The third-order valence-electron chi connectivity index (χ3n) is 27.7. The van der Waals surface area contributed by atoms with E-state index in [4.69, 9.17) is 117 Å². The van der Waals surface area contributed by atoms with Crippen molar-refractivity contribution in [2.45, 2.75) is 187 Å². The number of halogens is 5. The van der Waals surface area contributed by atoms with Gasteiger partial charge >= 0.3 is 0 Å². The van der Waals surface area contributed by atoms with Crippen LogP contribution < -0.4 is 53.2 Å². The number of hydrogen-bond acceptors (Lipinski definition) is 32. The number of aliphatic imine (C=N–C) groups is 5. The zero-order valence-corrected chi connectivity index (χ0v) is 78.8. The number of hydrogen-bond donors (Lipinski definition) is 7. The fourth-order valence-electron chi connectivity index (χ4n) is 18.5. The van der Waals surface area contributed by atoms with Gasteiger partial charge in [-0.05, 0) is 166 Å². The summed E-state index contributed by atoms with van der Waals surface area (Å²) < 4.78 is 0. The van der Waals surface area contributed by atoms with Crippen LogP contribution in [-0.4, -0.2) is 221 Å². The van der Waals surface area contributed by atoms with Crippen LogP contribution in [0.5, 0.6) is 0 Å². The van der Waals surface area contributed by atoms with Crippen LogP contribution in [0.1, 0.15) is 211 Å². The summed E-state index contributed by atoms with van der Waals surface area (Å²) in [5.74, 6) is 4.42. The largest absolute Gasteiger partial charge is 0.388 e. The van der Waals surface area contributed by atoms with Crippen LogP contribution in [0.3, 0.4) is 0 Å². The lowest BCUT2D eigenvalue weighted by molar-refractivity contribution is 0.0245. The number of anilines is 5. The number of aryl methyl sites for hydroxylation is 5. The van der Waals surface area contributed by atoms with Crippen LogP contribution >= 0.6 is 58.0 Å². The van der Waals surface area contributed by atoms with Gasteiger partial charge in [-0.25, -0.2) is 49.8 Å². The van der Waals surface area contributed by atoms with Crippen molar-refractivity contribution < 1.29 is 10.2 Å². The highest BCUT2D eigenvalue weighted by molar-refractivity contribution is 6.38. The fourth-order valence-corrected chi connectivity index (χ4v) is 19.4. The Labute approximate surface area is 787 Å². The molecule has 1 unspecified atom stereocenters. The average molecular weight is 1870 g/mol. The first-order chi connectivity index (χ1) is 63.0. The Morgan fingerprint density at radius 2 is 0.649 bits per heavy atom. The predicted octanol–water partition coefficient (Wildman–Crippen LogP) is 11.5. The molecule has 10 aromatic rings. The molecule has 10 aromatic heterocycles. The molecular formula is C94H111Cl5N30O2. The zero-order valence-electron chi connectivity index (χ0n) is 75.0. The minimum atomic E-state index is -0.757. The van der Waals surface area contributed by atoms with Gasteiger partial charge < -0.3 is 63.4 Å². The molecule has 5 saturated heterocycles. The lowest BCUT2D eigenvalue weighted by atomic mass is 9.60. The number of nitrogens with two attached hydrogens (primary N) is 5. The van der Waals surface area contributed by atoms with Crippen LogP contribution in [-0.2, 0) is 32.7 Å². The minimum Gasteiger partial charge on any atom is -0.388 e. The molecule has 32 nitrogen and oxygen atoms in total. The molecule has 1 spiro atoms. The highest BCUT2D eigenvalue weighted by Crippen LogP contribution is 2.49. The van der Waals surface area contributed by atoms with Gasteiger partial charge in [-0.2, -0.15) is 0 Å². The Hall–Kier alpha value is -10.3. The lowest BCUT2D eigenvalue weighted by Gasteiger charge is -2.52. The van der Waals surface area contributed by atoms with Crippen molar-refractivity contribution >= 4 is 116 Å². The lowest BCUT2D eigenvalue weighted by Crippen LogP contribution is -2.56. The Kier molecular flexibility index (Phi) is 27.3. The summed E-state index contributed by atoms with van der Waals surface area (Å²) in [7, 11) is 0. The number of pyridine rings is 5. The average Bonchev–Trinajstić information content (AvgIpc) is 0.889. The van der Waals surface area contributed by atoms with E-state index in [-0.39, 0.29) is 11.0 Å². The number of fused-ring (bicyclic) bond motifs is 5. The molecule has 21 rings (SSSR count). The first-order valence-corrected chi connectivity index (χ1v) is 46.9. The van der Waals surface area contributed by atoms with Crippen molar-refractivity contribution in [1.29, 1.82) is 0 Å². The van der Waals surface area contributed by atoms with E-state index in [2.05, 4.69) is 108 Å². The molecule has 131 heavy (non-hydrogen) atoms. The zero-order chi connectivity index (χ0) is 91.8. The maximum Gasteiger partial charge on any atom is 0.147 e. The SMILES string of the molecule is CCC1(N)CCN(c2cnc3c(n2)CN=C3c2cc(C)ncc2Cl)CC1.Cc1cc(C2=NCc3nc(N4CCC(C)(CN)CC4)cnc32)c(Cl)cn1.Cc1cc(C2=NCc3nc(N4CCC(O)(CN)CC4)cnc32)c(Cl)cn1.Cc1cc(C2=NCc3nc(N4CCC5(CCC5N)CC4)cnc32)c(Cl)cn1.Cc1nccc(C2=NCc3nc(N4CCC(O)(CN)CC4)cnc32)c1Cl. The molecular weight excluding hydrogens is 1760 g/mol. The van der Waals surface area contributed by atoms with Crippen LogP contribution in [0.4, 0.5) is 29.1 Å². The molecule has 11 aliphatic rings. The molecule has 0 amide bonds. The van der Waals surface area contributed by atoms with E-state index in [0.29, 0.717) is 134 Å². The van der Waals surface area contributed by atoms with Crippen molar-refractivity contribution in [2.24, 2.45) is 64.5 Å². The summed E-state index contributed by atoms with van der Waals surface area (Å²) in [6.45, 7) is 26.6. The summed E-state index contributed by atoms with van der Waals surface area (Å²) >= 11 is 31.7. The van der Waals surface area contributed by atoms with Crippen molar-refractivity contribution in [1.82, 2.24) is 74.8 Å². The topological polar surface area (TPSA) is 442 Å². The molecule has 1 atom stereocenters. The Morgan fingerprint density at radius 1 is 0.366 bits per heavy atom. The van der Waals surface area contributed by atoms with E-state index in [1.165, 1.54) is 12.8 Å². The second-order valence-corrected chi connectivity index (χ2v) is 38.5. The smallest absolute Gasteiger partial charge is 0.147 e. The molecule has 0 bridgehead atoms. The van der Waals surface area contributed by atoms with Gasteiger partial charge in [-0.15, -0.1) is 0 Å². The van der Waals surface area contributed by atoms with Gasteiger partial charge in [0, 0.05) is 172 Å². The maximum atomic E-state index is 10.3. The van der Waals surface area contributed by atoms with Gasteiger partial charge in [0.05, 0.1) is 163 Å². The normalized spacial score (nSPS) is 19.5. The number of rotatable bonds is 14.